The molecule has 188 valence electrons. The van der Waals surface area contributed by atoms with Crippen LogP contribution in [0.2, 0.25) is 0 Å². The van der Waals surface area contributed by atoms with E-state index in [2.05, 4.69) is 41.5 Å². The second-order valence-corrected chi connectivity index (χ2v) is 13.4. The van der Waals surface area contributed by atoms with E-state index in [4.69, 9.17) is 4.74 Å². The van der Waals surface area contributed by atoms with Crippen molar-refractivity contribution in [3.05, 3.63) is 11.1 Å². The lowest BCUT2D eigenvalue weighted by Gasteiger charge is -2.57. The molecule has 0 amide bonds. The van der Waals surface area contributed by atoms with Crippen molar-refractivity contribution >= 4 is 5.97 Å². The number of hydrogen-bond acceptors (Lipinski definition) is 2. The monoisotopic (exact) mass is 456 g/mol. The lowest BCUT2D eigenvalue weighted by Crippen LogP contribution is -2.48. The molecule has 0 bridgehead atoms. The first-order chi connectivity index (χ1) is 15.6. The van der Waals surface area contributed by atoms with E-state index < -0.39 is 0 Å². The highest BCUT2D eigenvalue weighted by Crippen LogP contribution is 2.66. The summed E-state index contributed by atoms with van der Waals surface area (Å²) >= 11 is 0. The van der Waals surface area contributed by atoms with Crippen molar-refractivity contribution in [3.63, 3.8) is 0 Å². The second kappa shape index (κ2) is 9.69. The minimum atomic E-state index is -0.0968. The predicted octanol–water partition coefficient (Wildman–Crippen LogP) is 8.74. The third kappa shape index (κ3) is 4.58. The maximum atomic E-state index is 11.5. The van der Waals surface area contributed by atoms with Gasteiger partial charge in [0, 0.05) is 6.92 Å². The number of allylic oxidation sites excluding steroid dienone is 2. The van der Waals surface area contributed by atoms with E-state index in [1.165, 1.54) is 64.2 Å². The number of rotatable bonds is 7. The fourth-order valence-electron chi connectivity index (χ4n) is 9.43. The molecule has 0 aromatic heterocycles. The number of fused-ring (bicyclic) bond motifs is 4. The van der Waals surface area contributed by atoms with E-state index >= 15 is 0 Å². The zero-order valence-electron chi connectivity index (χ0n) is 22.8. The largest absolute Gasteiger partial charge is 0.463 e. The Morgan fingerprint density at radius 2 is 1.79 bits per heavy atom. The molecule has 33 heavy (non-hydrogen) atoms. The van der Waals surface area contributed by atoms with E-state index in [0.717, 1.165) is 48.3 Å². The van der Waals surface area contributed by atoms with Crippen LogP contribution in [0.5, 0.6) is 0 Å². The van der Waals surface area contributed by atoms with Crippen LogP contribution in [0.1, 0.15) is 126 Å². The zero-order chi connectivity index (χ0) is 24.0. The Morgan fingerprint density at radius 1 is 1.03 bits per heavy atom. The fourth-order valence-corrected chi connectivity index (χ4v) is 9.43. The summed E-state index contributed by atoms with van der Waals surface area (Å²) < 4.78 is 5.66. The molecule has 2 heteroatoms. The molecule has 0 radical (unpaired) electrons. The Labute approximate surface area is 204 Å². The molecule has 0 aromatic carbocycles. The van der Waals surface area contributed by atoms with Gasteiger partial charge < -0.3 is 4.74 Å². The summed E-state index contributed by atoms with van der Waals surface area (Å²) in [6.45, 7) is 16.6. The number of ether oxygens (including phenoxy) is 1. The molecular weight excluding hydrogens is 404 g/mol. The molecule has 2 nitrogen and oxygen atoms in total. The average Bonchev–Trinajstić information content (AvgIpc) is 3.11. The molecule has 0 heterocycles. The lowest BCUT2D eigenvalue weighted by atomic mass is 9.48. The van der Waals surface area contributed by atoms with E-state index in [1.807, 2.05) is 11.1 Å². The summed E-state index contributed by atoms with van der Waals surface area (Å²) in [5.74, 6) is 4.87. The van der Waals surface area contributed by atoms with Crippen molar-refractivity contribution < 1.29 is 9.53 Å². The van der Waals surface area contributed by atoms with Gasteiger partial charge in [-0.3, -0.25) is 4.79 Å². The van der Waals surface area contributed by atoms with Crippen molar-refractivity contribution in [2.75, 3.05) is 0 Å². The molecule has 3 fully saturated rings. The van der Waals surface area contributed by atoms with Crippen LogP contribution in [0, 0.1) is 46.3 Å². The highest BCUT2D eigenvalue weighted by atomic mass is 16.5. The predicted molar refractivity (Wildman–Crippen MR) is 138 cm³/mol. The molecule has 3 saturated carbocycles. The molecule has 0 spiro atoms. The van der Waals surface area contributed by atoms with Gasteiger partial charge in [-0.2, -0.15) is 0 Å². The van der Waals surface area contributed by atoms with Gasteiger partial charge in [0.15, 0.2) is 0 Å². The summed E-state index contributed by atoms with van der Waals surface area (Å²) in [6, 6.07) is 0. The van der Waals surface area contributed by atoms with Crippen molar-refractivity contribution in [1.29, 1.82) is 0 Å². The Hall–Kier alpha value is -0.790. The highest BCUT2D eigenvalue weighted by Gasteiger charge is 2.55. The molecule has 4 rings (SSSR count). The summed E-state index contributed by atoms with van der Waals surface area (Å²) in [5.41, 5.74) is 4.70. The van der Waals surface area contributed by atoms with Crippen LogP contribution in [-0.2, 0) is 9.53 Å². The first kappa shape index (κ1) is 25.3. The fraction of sp³-hybridized carbons (Fsp3) is 0.903. The molecule has 0 N–H and O–H groups in total. The summed E-state index contributed by atoms with van der Waals surface area (Å²) in [6.07, 6.45) is 16.0. The van der Waals surface area contributed by atoms with Crippen LogP contribution in [0.15, 0.2) is 11.1 Å². The highest BCUT2D eigenvalue weighted by molar-refractivity contribution is 5.66. The van der Waals surface area contributed by atoms with Gasteiger partial charge in [0.1, 0.15) is 6.10 Å². The van der Waals surface area contributed by atoms with Crippen molar-refractivity contribution in [2.45, 2.75) is 132 Å². The molecule has 4 aliphatic carbocycles. The number of hydrogen-bond donors (Lipinski definition) is 0. The van der Waals surface area contributed by atoms with Crippen molar-refractivity contribution in [3.8, 4) is 0 Å². The summed E-state index contributed by atoms with van der Waals surface area (Å²) in [5, 5.41) is 0. The Morgan fingerprint density at radius 3 is 2.45 bits per heavy atom. The summed E-state index contributed by atoms with van der Waals surface area (Å²) in [4.78, 5) is 11.5. The minimum Gasteiger partial charge on any atom is -0.463 e. The molecule has 4 aliphatic rings. The van der Waals surface area contributed by atoms with Gasteiger partial charge in [0.05, 0.1) is 0 Å². The van der Waals surface area contributed by atoms with E-state index in [9.17, 15) is 4.79 Å². The van der Waals surface area contributed by atoms with Gasteiger partial charge in [-0.25, -0.2) is 0 Å². The molecule has 0 unspecified atom stereocenters. The number of carbonyl (C=O) groups is 1. The van der Waals surface area contributed by atoms with Crippen molar-refractivity contribution in [1.82, 2.24) is 0 Å². The smallest absolute Gasteiger partial charge is 0.302 e. The molecule has 0 saturated heterocycles. The molecule has 0 aliphatic heterocycles. The van der Waals surface area contributed by atoms with Crippen LogP contribution in [0.25, 0.3) is 0 Å². The standard InChI is InChI=1S/C31H52O2/c1-8-23(20(2)3)10-9-21(4)27-13-14-28-26-12-11-24-19-25(33-22(5)32)15-17-30(24,6)29(26)16-18-31(27,28)7/h20-21,23-25,27,29H,8-19H2,1-7H3/t21-,23-,24+,25-,27+,29-,30+,31-/m1/s1. The van der Waals surface area contributed by atoms with Gasteiger partial charge in [0.25, 0.3) is 0 Å². The Kier molecular flexibility index (Phi) is 7.43. The van der Waals surface area contributed by atoms with E-state index in [1.54, 1.807) is 6.92 Å². The van der Waals surface area contributed by atoms with Gasteiger partial charge in [0.2, 0.25) is 0 Å². The van der Waals surface area contributed by atoms with Gasteiger partial charge in [-0.05, 0) is 111 Å². The molecular formula is C31H52O2. The van der Waals surface area contributed by atoms with Gasteiger partial charge in [-0.15, -0.1) is 0 Å². The van der Waals surface area contributed by atoms with Crippen LogP contribution in [-0.4, -0.2) is 12.1 Å². The van der Waals surface area contributed by atoms with Crippen LogP contribution in [0.3, 0.4) is 0 Å². The lowest BCUT2D eigenvalue weighted by molar-refractivity contribution is -0.152. The van der Waals surface area contributed by atoms with E-state index in [-0.39, 0.29) is 12.1 Å². The number of carbonyl (C=O) groups excluding carboxylic acids is 1. The van der Waals surface area contributed by atoms with E-state index in [0.29, 0.717) is 10.8 Å². The Bertz CT molecular complexity index is 750. The SMILES string of the molecule is CC[C@H](CC[C@@H](C)[C@@H]1CCC2=C3CC[C@H]4C[C@H](OC(C)=O)CC[C@]4(C)[C@@H]3CC[C@@]21C)C(C)C. The number of esters is 1. The van der Waals surface area contributed by atoms with Crippen LogP contribution in [0.4, 0.5) is 0 Å². The van der Waals surface area contributed by atoms with Gasteiger partial charge >= 0.3 is 5.97 Å². The first-order valence-corrected chi connectivity index (χ1v) is 14.5. The third-order valence-corrected chi connectivity index (χ3v) is 11.5. The molecule has 0 aromatic rings. The minimum absolute atomic E-state index is 0.0968. The maximum absolute atomic E-state index is 11.5. The quantitative estimate of drug-likeness (QED) is 0.283. The molecule has 8 atom stereocenters. The van der Waals surface area contributed by atoms with Gasteiger partial charge in [-0.1, -0.05) is 65.5 Å². The third-order valence-electron chi connectivity index (χ3n) is 11.5. The van der Waals surface area contributed by atoms with Crippen molar-refractivity contribution in [2.24, 2.45) is 46.3 Å². The van der Waals surface area contributed by atoms with Crippen LogP contribution >= 0.6 is 0 Å². The summed E-state index contributed by atoms with van der Waals surface area (Å²) in [7, 11) is 0. The average molecular weight is 457 g/mol. The first-order valence-electron chi connectivity index (χ1n) is 14.5. The second-order valence-electron chi connectivity index (χ2n) is 13.4. The van der Waals surface area contributed by atoms with Crippen LogP contribution < -0.4 is 0 Å². The maximum Gasteiger partial charge on any atom is 0.302 e. The normalized spacial score (nSPS) is 40.1. The zero-order valence-corrected chi connectivity index (χ0v) is 22.8. The Balaban J connectivity index is 1.49. The topological polar surface area (TPSA) is 26.3 Å².